The predicted octanol–water partition coefficient (Wildman–Crippen LogP) is 2.93. The molecule has 1 aromatic heterocycles. The number of rotatable bonds is 1. The molecule has 2 bridgehead atoms. The fraction of sp³-hybridized carbons (Fsp3) is 0.611. The Morgan fingerprint density at radius 1 is 1.29 bits per heavy atom. The second-order valence-electron chi connectivity index (χ2n) is 7.54. The van der Waals surface area contributed by atoms with Crippen molar-refractivity contribution in [1.29, 1.82) is 5.26 Å². The third kappa shape index (κ3) is 3.45. The van der Waals surface area contributed by atoms with Crippen LogP contribution in [0.1, 0.15) is 45.7 Å². The Labute approximate surface area is 143 Å². The highest BCUT2D eigenvalue weighted by molar-refractivity contribution is 5.70. The van der Waals surface area contributed by atoms with Crippen LogP contribution >= 0.6 is 0 Å². The molecule has 0 saturated carbocycles. The molecular formula is C18H24N4O2. The number of amides is 1. The molecule has 1 amide bonds. The van der Waals surface area contributed by atoms with Gasteiger partial charge in [0.05, 0.1) is 24.0 Å². The summed E-state index contributed by atoms with van der Waals surface area (Å²) < 4.78 is 5.60. The molecule has 0 aromatic carbocycles. The lowest BCUT2D eigenvalue weighted by Crippen LogP contribution is -2.63. The maximum atomic E-state index is 12.6. The minimum Gasteiger partial charge on any atom is -0.444 e. The molecule has 1 aromatic rings. The molecule has 2 unspecified atom stereocenters. The van der Waals surface area contributed by atoms with Gasteiger partial charge in [0.2, 0.25) is 0 Å². The van der Waals surface area contributed by atoms with Crippen LogP contribution < -0.4 is 4.90 Å². The van der Waals surface area contributed by atoms with E-state index < -0.39 is 5.60 Å². The molecule has 2 aliphatic heterocycles. The number of fused-ring (bicyclic) bond motifs is 2. The maximum Gasteiger partial charge on any atom is 0.410 e. The smallest absolute Gasteiger partial charge is 0.410 e. The van der Waals surface area contributed by atoms with Crippen molar-refractivity contribution in [3.63, 3.8) is 0 Å². The Morgan fingerprint density at radius 2 is 1.96 bits per heavy atom. The Hall–Kier alpha value is -2.29. The van der Waals surface area contributed by atoms with Crippen molar-refractivity contribution in [2.24, 2.45) is 0 Å². The zero-order valence-electron chi connectivity index (χ0n) is 14.5. The number of hydrogen-bond donors (Lipinski definition) is 0. The summed E-state index contributed by atoms with van der Waals surface area (Å²) in [5.41, 5.74) is 0.959. The summed E-state index contributed by atoms with van der Waals surface area (Å²) in [6, 6.07) is 6.06. The van der Waals surface area contributed by atoms with E-state index >= 15 is 0 Å². The van der Waals surface area contributed by atoms with Gasteiger partial charge in [0.1, 0.15) is 17.4 Å². The number of piperazine rings is 1. The van der Waals surface area contributed by atoms with Gasteiger partial charge in [-0.1, -0.05) is 0 Å². The molecule has 128 valence electrons. The van der Waals surface area contributed by atoms with Crippen molar-refractivity contribution in [3.05, 3.63) is 24.0 Å². The minimum atomic E-state index is -0.473. The molecule has 24 heavy (non-hydrogen) atoms. The van der Waals surface area contributed by atoms with Crippen molar-refractivity contribution in [2.75, 3.05) is 18.0 Å². The van der Waals surface area contributed by atoms with Gasteiger partial charge in [-0.2, -0.15) is 5.26 Å². The van der Waals surface area contributed by atoms with Crippen molar-refractivity contribution in [2.45, 2.75) is 57.7 Å². The first kappa shape index (κ1) is 16.6. The molecule has 2 fully saturated rings. The Kier molecular flexibility index (Phi) is 4.35. The van der Waals surface area contributed by atoms with E-state index in [0.29, 0.717) is 5.69 Å². The first-order valence-corrected chi connectivity index (χ1v) is 8.50. The number of ether oxygens (including phenoxy) is 1. The standard InChI is InChI=1S/C18H24N4O2/c1-18(2,3)24-17(23)22-15-5-4-6-16(22)12-21(11-15)14-8-7-13(9-19)20-10-14/h7-8,10,15-16H,4-6,11-12H2,1-3H3. The highest BCUT2D eigenvalue weighted by atomic mass is 16.6. The average molecular weight is 328 g/mol. The monoisotopic (exact) mass is 328 g/mol. The maximum absolute atomic E-state index is 12.6. The summed E-state index contributed by atoms with van der Waals surface area (Å²) in [5.74, 6) is 0. The van der Waals surface area contributed by atoms with Crippen LogP contribution in [0.3, 0.4) is 0 Å². The van der Waals surface area contributed by atoms with Crippen LogP contribution in [-0.2, 0) is 4.74 Å². The lowest BCUT2D eigenvalue weighted by Gasteiger charge is -2.50. The number of piperidine rings is 1. The van der Waals surface area contributed by atoms with Crippen molar-refractivity contribution in [1.82, 2.24) is 9.88 Å². The van der Waals surface area contributed by atoms with E-state index in [-0.39, 0.29) is 18.2 Å². The summed E-state index contributed by atoms with van der Waals surface area (Å²) in [6.45, 7) is 7.27. The van der Waals surface area contributed by atoms with E-state index in [1.807, 2.05) is 37.8 Å². The van der Waals surface area contributed by atoms with E-state index in [0.717, 1.165) is 38.0 Å². The first-order valence-electron chi connectivity index (χ1n) is 8.50. The van der Waals surface area contributed by atoms with E-state index in [2.05, 4.69) is 9.88 Å². The van der Waals surface area contributed by atoms with Crippen LogP contribution in [0.2, 0.25) is 0 Å². The van der Waals surface area contributed by atoms with Crippen molar-refractivity contribution < 1.29 is 9.53 Å². The molecule has 3 rings (SSSR count). The van der Waals surface area contributed by atoms with Crippen molar-refractivity contribution in [3.8, 4) is 6.07 Å². The Bertz CT molecular complexity index is 630. The number of carbonyl (C=O) groups is 1. The molecule has 0 N–H and O–H groups in total. The SMILES string of the molecule is CC(C)(C)OC(=O)N1C2CCCC1CN(c1ccc(C#N)nc1)C2. The lowest BCUT2D eigenvalue weighted by molar-refractivity contribution is -0.00969. The molecule has 6 heteroatoms. The van der Waals surface area contributed by atoms with Crippen molar-refractivity contribution >= 4 is 11.8 Å². The van der Waals surface area contributed by atoms with Gasteiger partial charge >= 0.3 is 6.09 Å². The van der Waals surface area contributed by atoms with Crippen LogP contribution in [0.4, 0.5) is 10.5 Å². The number of aromatic nitrogens is 1. The van der Waals surface area contributed by atoms with Crippen LogP contribution in [0.5, 0.6) is 0 Å². The molecule has 3 heterocycles. The van der Waals surface area contributed by atoms with Gasteiger partial charge in [0.25, 0.3) is 0 Å². The third-order valence-corrected chi connectivity index (χ3v) is 4.56. The highest BCUT2D eigenvalue weighted by Gasteiger charge is 2.42. The summed E-state index contributed by atoms with van der Waals surface area (Å²) in [6.07, 6.45) is 4.69. The Balaban J connectivity index is 1.75. The van der Waals surface area contributed by atoms with Crippen LogP contribution in [0.15, 0.2) is 18.3 Å². The fourth-order valence-corrected chi connectivity index (χ4v) is 3.57. The summed E-state index contributed by atoms with van der Waals surface area (Å²) in [4.78, 5) is 21.0. The van der Waals surface area contributed by atoms with Gasteiger partial charge in [-0.15, -0.1) is 0 Å². The van der Waals surface area contributed by atoms with Crippen LogP contribution in [0, 0.1) is 11.3 Å². The summed E-state index contributed by atoms with van der Waals surface area (Å²) in [7, 11) is 0. The van der Waals surface area contributed by atoms with Gasteiger partial charge in [-0.05, 0) is 52.2 Å². The van der Waals surface area contributed by atoms with Gasteiger partial charge in [0, 0.05) is 13.1 Å². The minimum absolute atomic E-state index is 0.169. The van der Waals surface area contributed by atoms with Gasteiger partial charge < -0.3 is 9.64 Å². The highest BCUT2D eigenvalue weighted by Crippen LogP contribution is 2.32. The molecule has 2 aliphatic rings. The fourth-order valence-electron chi connectivity index (χ4n) is 3.57. The number of anilines is 1. The predicted molar refractivity (Wildman–Crippen MR) is 90.7 cm³/mol. The summed E-state index contributed by atoms with van der Waals surface area (Å²) >= 11 is 0. The second-order valence-corrected chi connectivity index (χ2v) is 7.54. The zero-order valence-corrected chi connectivity index (χ0v) is 14.5. The van der Waals surface area contributed by atoms with Crippen LogP contribution in [-0.4, -0.2) is 46.8 Å². The molecule has 6 nitrogen and oxygen atoms in total. The van der Waals surface area contributed by atoms with Crippen LogP contribution in [0.25, 0.3) is 0 Å². The zero-order chi connectivity index (χ0) is 17.3. The summed E-state index contributed by atoms with van der Waals surface area (Å²) in [5, 5.41) is 8.87. The number of pyridine rings is 1. The van der Waals surface area contributed by atoms with Gasteiger partial charge in [0.15, 0.2) is 0 Å². The molecule has 2 saturated heterocycles. The topological polar surface area (TPSA) is 69.5 Å². The molecule has 0 radical (unpaired) electrons. The largest absolute Gasteiger partial charge is 0.444 e. The lowest BCUT2D eigenvalue weighted by atomic mass is 9.91. The van der Waals surface area contributed by atoms with E-state index in [9.17, 15) is 4.79 Å². The number of carbonyl (C=O) groups excluding carboxylic acids is 1. The Morgan fingerprint density at radius 3 is 2.46 bits per heavy atom. The molecular weight excluding hydrogens is 304 g/mol. The number of hydrogen-bond acceptors (Lipinski definition) is 5. The van der Waals surface area contributed by atoms with E-state index in [4.69, 9.17) is 10.00 Å². The number of nitrogens with zero attached hydrogens (tertiary/aromatic N) is 4. The van der Waals surface area contributed by atoms with E-state index in [1.165, 1.54) is 0 Å². The van der Waals surface area contributed by atoms with Gasteiger partial charge in [-0.3, -0.25) is 4.90 Å². The third-order valence-electron chi connectivity index (χ3n) is 4.56. The molecule has 0 aliphatic carbocycles. The molecule has 0 spiro atoms. The number of nitriles is 1. The molecule has 2 atom stereocenters. The van der Waals surface area contributed by atoms with Gasteiger partial charge in [-0.25, -0.2) is 9.78 Å². The van der Waals surface area contributed by atoms with E-state index in [1.54, 1.807) is 12.3 Å². The normalized spacial score (nSPS) is 23.6. The average Bonchev–Trinajstić information content (AvgIpc) is 2.52. The quantitative estimate of drug-likeness (QED) is 0.793. The first-order chi connectivity index (χ1) is 11.4. The second kappa shape index (κ2) is 6.31.